The van der Waals surface area contributed by atoms with Crippen molar-refractivity contribution < 1.29 is 14.0 Å². The fourth-order valence-electron chi connectivity index (χ4n) is 3.54. The Kier molecular flexibility index (Phi) is 5.77. The lowest BCUT2D eigenvalue weighted by Crippen LogP contribution is -2.56. The minimum absolute atomic E-state index is 0.103. The van der Waals surface area contributed by atoms with Gasteiger partial charge < -0.3 is 10.2 Å². The number of hydrogen-bond donors (Lipinski definition) is 2. The largest absolute Gasteiger partial charge is 0.354 e. The number of carbonyl (C=O) groups excluding carboxylic acids is 2. The molecule has 10 heteroatoms. The first-order valence-electron chi connectivity index (χ1n) is 9.92. The van der Waals surface area contributed by atoms with Gasteiger partial charge in [-0.2, -0.15) is 10.2 Å². The molecule has 1 aliphatic heterocycles. The quantitative estimate of drug-likeness (QED) is 0.610. The molecule has 0 bridgehead atoms. The SMILES string of the molecule is Cc1nn(CCNC(=O)C2CN(C(=O)c3cc(-c4ccccc4F)n[nH]3)C2)c(C)c1Cl. The number of aromatic nitrogens is 4. The molecule has 4 rings (SSSR count). The molecule has 0 atom stereocenters. The van der Waals surface area contributed by atoms with E-state index in [-0.39, 0.29) is 23.4 Å². The third-order valence-corrected chi connectivity index (χ3v) is 5.96. The number of nitrogens with zero attached hydrogens (tertiary/aromatic N) is 4. The number of hydrogen-bond acceptors (Lipinski definition) is 4. The first-order valence-corrected chi connectivity index (χ1v) is 10.3. The van der Waals surface area contributed by atoms with Gasteiger partial charge >= 0.3 is 0 Å². The summed E-state index contributed by atoms with van der Waals surface area (Å²) in [7, 11) is 0. The summed E-state index contributed by atoms with van der Waals surface area (Å²) in [6.45, 7) is 5.31. The van der Waals surface area contributed by atoms with Crippen molar-refractivity contribution >= 4 is 23.4 Å². The Morgan fingerprint density at radius 2 is 2.03 bits per heavy atom. The summed E-state index contributed by atoms with van der Waals surface area (Å²) in [5.41, 5.74) is 2.57. The Morgan fingerprint density at radius 1 is 1.29 bits per heavy atom. The topological polar surface area (TPSA) is 95.9 Å². The average molecular weight is 445 g/mol. The number of nitrogens with one attached hydrogen (secondary N) is 2. The van der Waals surface area contributed by atoms with Gasteiger partial charge in [0.05, 0.1) is 34.6 Å². The lowest BCUT2D eigenvalue weighted by molar-refractivity contribution is -0.129. The van der Waals surface area contributed by atoms with Crippen LogP contribution in [-0.2, 0) is 11.3 Å². The fraction of sp³-hybridized carbons (Fsp3) is 0.333. The zero-order valence-corrected chi connectivity index (χ0v) is 17.9. The molecule has 2 N–H and O–H groups in total. The van der Waals surface area contributed by atoms with Gasteiger partial charge in [-0.3, -0.25) is 19.4 Å². The van der Waals surface area contributed by atoms with E-state index in [4.69, 9.17) is 11.6 Å². The van der Waals surface area contributed by atoms with Gasteiger partial charge in [0, 0.05) is 25.2 Å². The third kappa shape index (κ3) is 4.18. The van der Waals surface area contributed by atoms with E-state index in [1.54, 1.807) is 27.8 Å². The molecule has 1 aromatic carbocycles. The minimum Gasteiger partial charge on any atom is -0.354 e. The Labute approximate surface area is 183 Å². The highest BCUT2D eigenvalue weighted by Gasteiger charge is 2.36. The van der Waals surface area contributed by atoms with Crippen LogP contribution in [0.1, 0.15) is 21.9 Å². The highest BCUT2D eigenvalue weighted by atomic mass is 35.5. The molecule has 0 saturated carbocycles. The second-order valence-electron chi connectivity index (χ2n) is 7.55. The molecule has 2 aromatic heterocycles. The highest BCUT2D eigenvalue weighted by Crippen LogP contribution is 2.23. The Balaban J connectivity index is 1.27. The second-order valence-corrected chi connectivity index (χ2v) is 7.93. The zero-order chi connectivity index (χ0) is 22.1. The fourth-order valence-corrected chi connectivity index (χ4v) is 3.68. The van der Waals surface area contributed by atoms with Crippen LogP contribution in [0.25, 0.3) is 11.3 Å². The van der Waals surface area contributed by atoms with Crippen LogP contribution in [0.4, 0.5) is 4.39 Å². The van der Waals surface area contributed by atoms with Crippen LogP contribution in [0.5, 0.6) is 0 Å². The van der Waals surface area contributed by atoms with Gasteiger partial charge in [-0.05, 0) is 32.0 Å². The molecule has 0 radical (unpaired) electrons. The standard InChI is InChI=1S/C21H22ClFN6O2/c1-12-19(22)13(2)29(27-12)8-7-24-20(30)14-10-28(11-14)21(31)18-9-17(25-26-18)15-5-3-4-6-16(15)23/h3-6,9,14H,7-8,10-11H2,1-2H3,(H,24,30)(H,25,26). The maximum Gasteiger partial charge on any atom is 0.271 e. The van der Waals surface area contributed by atoms with Crippen LogP contribution in [0.15, 0.2) is 30.3 Å². The number of likely N-dealkylation sites (tertiary alicyclic amines) is 1. The van der Waals surface area contributed by atoms with E-state index in [0.29, 0.717) is 42.5 Å². The van der Waals surface area contributed by atoms with Crippen molar-refractivity contribution in [2.75, 3.05) is 19.6 Å². The minimum atomic E-state index is -0.406. The van der Waals surface area contributed by atoms with Gasteiger partial charge in [0.25, 0.3) is 5.91 Å². The molecular formula is C21H22ClFN6O2. The van der Waals surface area contributed by atoms with Crippen LogP contribution in [-0.4, -0.2) is 56.3 Å². The molecule has 0 unspecified atom stereocenters. The number of rotatable bonds is 6. The number of carbonyl (C=O) groups is 2. The van der Waals surface area contributed by atoms with E-state index in [9.17, 15) is 14.0 Å². The van der Waals surface area contributed by atoms with Crippen LogP contribution in [0.3, 0.4) is 0 Å². The number of H-pyrrole nitrogens is 1. The van der Waals surface area contributed by atoms with Gasteiger partial charge in [0.2, 0.25) is 5.91 Å². The van der Waals surface area contributed by atoms with Gasteiger partial charge in [0.15, 0.2) is 0 Å². The lowest BCUT2D eigenvalue weighted by Gasteiger charge is -2.37. The molecule has 2 amide bonds. The summed E-state index contributed by atoms with van der Waals surface area (Å²) in [5, 5.41) is 14.5. The van der Waals surface area contributed by atoms with Crippen molar-refractivity contribution in [2.24, 2.45) is 5.92 Å². The predicted molar refractivity (Wildman–Crippen MR) is 113 cm³/mol. The summed E-state index contributed by atoms with van der Waals surface area (Å²) in [6.07, 6.45) is 0. The summed E-state index contributed by atoms with van der Waals surface area (Å²) in [5.74, 6) is -1.04. The number of aryl methyl sites for hydroxylation is 1. The van der Waals surface area contributed by atoms with Crippen LogP contribution < -0.4 is 5.32 Å². The average Bonchev–Trinajstić information content (AvgIpc) is 3.29. The molecule has 31 heavy (non-hydrogen) atoms. The molecule has 162 valence electrons. The molecule has 3 aromatic rings. The molecular weight excluding hydrogens is 423 g/mol. The second kappa shape index (κ2) is 8.50. The Hall–Kier alpha value is -3.20. The van der Waals surface area contributed by atoms with E-state index >= 15 is 0 Å². The van der Waals surface area contributed by atoms with Gasteiger partial charge in [0.1, 0.15) is 11.5 Å². The van der Waals surface area contributed by atoms with E-state index in [1.165, 1.54) is 12.1 Å². The molecule has 0 aliphatic carbocycles. The molecule has 8 nitrogen and oxygen atoms in total. The first-order chi connectivity index (χ1) is 14.8. The summed E-state index contributed by atoms with van der Waals surface area (Å²) in [4.78, 5) is 26.5. The predicted octanol–water partition coefficient (Wildman–Crippen LogP) is 2.57. The van der Waals surface area contributed by atoms with Crippen LogP contribution >= 0.6 is 11.6 Å². The highest BCUT2D eigenvalue weighted by molar-refractivity contribution is 6.31. The van der Waals surface area contributed by atoms with Crippen molar-refractivity contribution in [3.05, 3.63) is 58.3 Å². The Morgan fingerprint density at radius 3 is 2.71 bits per heavy atom. The maximum absolute atomic E-state index is 13.9. The first kappa shape index (κ1) is 21.0. The monoisotopic (exact) mass is 444 g/mol. The Bertz CT molecular complexity index is 1130. The van der Waals surface area contributed by atoms with Crippen molar-refractivity contribution in [3.8, 4) is 11.3 Å². The van der Waals surface area contributed by atoms with E-state index in [1.807, 2.05) is 13.8 Å². The molecule has 3 heterocycles. The molecule has 1 saturated heterocycles. The number of halogens is 2. The maximum atomic E-state index is 13.9. The van der Waals surface area contributed by atoms with Gasteiger partial charge in [-0.1, -0.05) is 23.7 Å². The normalized spacial score (nSPS) is 13.9. The summed E-state index contributed by atoms with van der Waals surface area (Å²) in [6, 6.07) is 7.76. The van der Waals surface area contributed by atoms with Gasteiger partial charge in [-0.25, -0.2) is 4.39 Å². The van der Waals surface area contributed by atoms with Crippen molar-refractivity contribution in [1.82, 2.24) is 30.2 Å². The number of benzene rings is 1. The molecule has 1 aliphatic rings. The van der Waals surface area contributed by atoms with E-state index in [2.05, 4.69) is 20.6 Å². The third-order valence-electron chi connectivity index (χ3n) is 5.41. The number of aromatic amines is 1. The van der Waals surface area contributed by atoms with E-state index in [0.717, 1.165) is 11.4 Å². The van der Waals surface area contributed by atoms with E-state index < -0.39 is 5.82 Å². The van der Waals surface area contributed by atoms with Crippen molar-refractivity contribution in [3.63, 3.8) is 0 Å². The zero-order valence-electron chi connectivity index (χ0n) is 17.2. The van der Waals surface area contributed by atoms with Crippen LogP contribution in [0, 0.1) is 25.6 Å². The smallest absolute Gasteiger partial charge is 0.271 e. The van der Waals surface area contributed by atoms with Gasteiger partial charge in [-0.15, -0.1) is 0 Å². The molecule has 0 spiro atoms. The van der Waals surface area contributed by atoms with Crippen LogP contribution in [0.2, 0.25) is 5.02 Å². The van der Waals surface area contributed by atoms with Crippen molar-refractivity contribution in [1.29, 1.82) is 0 Å². The summed E-state index contributed by atoms with van der Waals surface area (Å²) < 4.78 is 15.7. The summed E-state index contributed by atoms with van der Waals surface area (Å²) >= 11 is 6.13. The number of amides is 2. The molecule has 1 fully saturated rings. The lowest BCUT2D eigenvalue weighted by atomic mass is 9.98. The van der Waals surface area contributed by atoms with Crippen molar-refractivity contribution in [2.45, 2.75) is 20.4 Å².